The molecule has 0 spiro atoms. The van der Waals surface area contributed by atoms with Crippen LogP contribution in [0.4, 0.5) is 0 Å². The van der Waals surface area contributed by atoms with E-state index in [1.807, 2.05) is 11.3 Å². The molecule has 0 saturated carbocycles. The lowest BCUT2D eigenvalue weighted by Crippen LogP contribution is -2.19. The number of thiophene rings is 1. The molecular formula is C19H27NS. The summed E-state index contributed by atoms with van der Waals surface area (Å²) in [7, 11) is 0. The van der Waals surface area contributed by atoms with E-state index < -0.39 is 0 Å². The summed E-state index contributed by atoms with van der Waals surface area (Å²) in [5.74, 6) is 0.724. The fraction of sp³-hybridized carbons (Fsp3) is 0.474. The van der Waals surface area contributed by atoms with Crippen LogP contribution in [0.15, 0.2) is 41.8 Å². The Morgan fingerprint density at radius 3 is 2.33 bits per heavy atom. The van der Waals surface area contributed by atoms with Gasteiger partial charge in [0.2, 0.25) is 0 Å². The third-order valence-corrected chi connectivity index (χ3v) is 4.67. The monoisotopic (exact) mass is 301 g/mol. The van der Waals surface area contributed by atoms with Crippen molar-refractivity contribution < 1.29 is 0 Å². The Balaban J connectivity index is 1.91. The Hall–Kier alpha value is -1.12. The lowest BCUT2D eigenvalue weighted by atomic mass is 10.0. The molecule has 0 fully saturated rings. The number of hydrogen-bond donors (Lipinski definition) is 1. The van der Waals surface area contributed by atoms with E-state index in [0.29, 0.717) is 6.04 Å². The van der Waals surface area contributed by atoms with Crippen molar-refractivity contribution >= 4 is 11.3 Å². The molecule has 0 radical (unpaired) electrons. The first-order chi connectivity index (χ1) is 10.2. The van der Waals surface area contributed by atoms with Gasteiger partial charge in [-0.15, -0.1) is 11.3 Å². The number of benzene rings is 1. The van der Waals surface area contributed by atoms with Crippen LogP contribution in [0.1, 0.15) is 55.7 Å². The molecule has 1 nitrogen and oxygen atoms in total. The highest BCUT2D eigenvalue weighted by atomic mass is 32.1. The maximum Gasteiger partial charge on any atom is 0.0417 e. The zero-order valence-electron chi connectivity index (χ0n) is 13.4. The van der Waals surface area contributed by atoms with Crippen LogP contribution in [-0.4, -0.2) is 0 Å². The average Bonchev–Trinajstić information content (AvgIpc) is 2.98. The molecule has 1 aromatic carbocycles. The predicted octanol–water partition coefficient (Wildman–Crippen LogP) is 5.58. The third kappa shape index (κ3) is 5.29. The van der Waals surface area contributed by atoms with E-state index in [2.05, 4.69) is 67.9 Å². The van der Waals surface area contributed by atoms with Crippen LogP contribution >= 0.6 is 11.3 Å². The summed E-state index contributed by atoms with van der Waals surface area (Å²) in [5, 5.41) is 5.88. The lowest BCUT2D eigenvalue weighted by molar-refractivity contribution is 0.500. The molecule has 0 aliphatic heterocycles. The molecular weight excluding hydrogens is 274 g/mol. The molecule has 0 amide bonds. The molecule has 0 aliphatic rings. The molecule has 114 valence electrons. The van der Waals surface area contributed by atoms with Crippen molar-refractivity contribution in [1.82, 2.24) is 5.32 Å². The Bertz CT molecular complexity index is 499. The maximum atomic E-state index is 3.71. The second-order valence-corrected chi connectivity index (χ2v) is 7.13. The second-order valence-electron chi connectivity index (χ2n) is 6.15. The van der Waals surface area contributed by atoms with Crippen molar-refractivity contribution in [3.05, 3.63) is 57.8 Å². The van der Waals surface area contributed by atoms with Gasteiger partial charge in [0, 0.05) is 17.5 Å². The minimum Gasteiger partial charge on any atom is -0.305 e. The highest BCUT2D eigenvalue weighted by molar-refractivity contribution is 7.10. The molecule has 1 unspecified atom stereocenters. The summed E-state index contributed by atoms with van der Waals surface area (Å²) >= 11 is 1.85. The van der Waals surface area contributed by atoms with Crippen LogP contribution in [0.3, 0.4) is 0 Å². The molecule has 2 heteroatoms. The van der Waals surface area contributed by atoms with E-state index in [1.165, 1.54) is 35.3 Å². The predicted molar refractivity (Wildman–Crippen MR) is 93.8 cm³/mol. The largest absolute Gasteiger partial charge is 0.305 e. The number of nitrogens with one attached hydrogen (secondary N) is 1. The van der Waals surface area contributed by atoms with Gasteiger partial charge in [0.15, 0.2) is 0 Å². The van der Waals surface area contributed by atoms with Crippen molar-refractivity contribution in [2.45, 2.75) is 52.6 Å². The fourth-order valence-electron chi connectivity index (χ4n) is 2.63. The van der Waals surface area contributed by atoms with Crippen molar-refractivity contribution in [3.63, 3.8) is 0 Å². The first-order valence-electron chi connectivity index (χ1n) is 8.03. The van der Waals surface area contributed by atoms with Crippen molar-refractivity contribution in [1.29, 1.82) is 0 Å². The van der Waals surface area contributed by atoms with Crippen LogP contribution in [0.5, 0.6) is 0 Å². The minimum absolute atomic E-state index is 0.491. The SMILES string of the molecule is CCCC(NCc1ccc(CC(C)C)cc1)c1cccs1. The molecule has 0 aliphatic carbocycles. The summed E-state index contributed by atoms with van der Waals surface area (Å²) in [5.41, 5.74) is 2.82. The first kappa shape index (κ1) is 16.3. The first-order valence-corrected chi connectivity index (χ1v) is 8.91. The quantitative estimate of drug-likeness (QED) is 0.671. The Morgan fingerprint density at radius 1 is 1.05 bits per heavy atom. The van der Waals surface area contributed by atoms with Gasteiger partial charge >= 0.3 is 0 Å². The molecule has 2 aromatic rings. The lowest BCUT2D eigenvalue weighted by Gasteiger charge is -2.17. The standard InChI is InChI=1S/C19H27NS/c1-4-6-18(19-7-5-12-21-19)20-14-17-10-8-16(9-11-17)13-15(2)3/h5,7-12,15,18,20H,4,6,13-14H2,1-3H3. The highest BCUT2D eigenvalue weighted by Crippen LogP contribution is 2.23. The van der Waals surface area contributed by atoms with E-state index in [0.717, 1.165) is 12.5 Å². The van der Waals surface area contributed by atoms with Crippen LogP contribution in [0, 0.1) is 5.92 Å². The highest BCUT2D eigenvalue weighted by Gasteiger charge is 2.10. The van der Waals surface area contributed by atoms with Gasteiger partial charge in [-0.05, 0) is 41.3 Å². The molecule has 2 rings (SSSR count). The summed E-state index contributed by atoms with van der Waals surface area (Å²) in [6.07, 6.45) is 3.58. The van der Waals surface area contributed by atoms with Gasteiger partial charge < -0.3 is 5.32 Å². The van der Waals surface area contributed by atoms with E-state index >= 15 is 0 Å². The van der Waals surface area contributed by atoms with Gasteiger partial charge in [-0.1, -0.05) is 57.5 Å². The van der Waals surface area contributed by atoms with E-state index in [-0.39, 0.29) is 0 Å². The molecule has 1 N–H and O–H groups in total. The maximum absolute atomic E-state index is 3.71. The van der Waals surface area contributed by atoms with Gasteiger partial charge in [-0.2, -0.15) is 0 Å². The van der Waals surface area contributed by atoms with Crippen LogP contribution in [0.25, 0.3) is 0 Å². The van der Waals surface area contributed by atoms with Gasteiger partial charge in [0.25, 0.3) is 0 Å². The van der Waals surface area contributed by atoms with Gasteiger partial charge in [-0.25, -0.2) is 0 Å². The van der Waals surface area contributed by atoms with Crippen LogP contribution in [0.2, 0.25) is 0 Å². The fourth-order valence-corrected chi connectivity index (χ4v) is 3.47. The summed E-state index contributed by atoms with van der Waals surface area (Å²) < 4.78 is 0. The van der Waals surface area contributed by atoms with E-state index in [1.54, 1.807) is 0 Å². The normalized spacial score (nSPS) is 12.8. The Morgan fingerprint density at radius 2 is 1.76 bits per heavy atom. The smallest absolute Gasteiger partial charge is 0.0417 e. The molecule has 0 bridgehead atoms. The Labute approximate surface area is 133 Å². The number of rotatable bonds is 8. The van der Waals surface area contributed by atoms with Crippen molar-refractivity contribution in [2.24, 2.45) is 5.92 Å². The van der Waals surface area contributed by atoms with Gasteiger partial charge in [-0.3, -0.25) is 0 Å². The summed E-state index contributed by atoms with van der Waals surface area (Å²) in [6, 6.07) is 14.0. The second kappa shape index (κ2) is 8.35. The molecule has 21 heavy (non-hydrogen) atoms. The molecule has 1 heterocycles. The number of hydrogen-bond acceptors (Lipinski definition) is 2. The van der Waals surface area contributed by atoms with Crippen molar-refractivity contribution in [3.8, 4) is 0 Å². The zero-order valence-corrected chi connectivity index (χ0v) is 14.2. The summed E-state index contributed by atoms with van der Waals surface area (Å²) in [6.45, 7) is 7.74. The van der Waals surface area contributed by atoms with Crippen LogP contribution in [-0.2, 0) is 13.0 Å². The average molecular weight is 301 g/mol. The van der Waals surface area contributed by atoms with Crippen LogP contribution < -0.4 is 5.32 Å². The minimum atomic E-state index is 0.491. The molecule has 0 saturated heterocycles. The Kier molecular flexibility index (Phi) is 6.47. The molecule has 1 aromatic heterocycles. The topological polar surface area (TPSA) is 12.0 Å². The molecule has 1 atom stereocenters. The van der Waals surface area contributed by atoms with E-state index in [9.17, 15) is 0 Å². The van der Waals surface area contributed by atoms with Crippen molar-refractivity contribution in [2.75, 3.05) is 0 Å². The van der Waals surface area contributed by atoms with E-state index in [4.69, 9.17) is 0 Å². The van der Waals surface area contributed by atoms with Gasteiger partial charge in [0.05, 0.1) is 0 Å². The zero-order chi connectivity index (χ0) is 15.1. The summed E-state index contributed by atoms with van der Waals surface area (Å²) in [4.78, 5) is 1.45. The third-order valence-electron chi connectivity index (χ3n) is 3.68. The van der Waals surface area contributed by atoms with Gasteiger partial charge in [0.1, 0.15) is 0 Å².